The van der Waals surface area contributed by atoms with E-state index in [1.54, 1.807) is 29.2 Å². The molecule has 1 aliphatic carbocycles. The van der Waals surface area contributed by atoms with Gasteiger partial charge >= 0.3 is 0 Å². The number of hydrogen-bond acceptors (Lipinski definition) is 4. The van der Waals surface area contributed by atoms with E-state index in [2.05, 4.69) is 10.3 Å². The van der Waals surface area contributed by atoms with E-state index >= 15 is 0 Å². The first kappa shape index (κ1) is 25.8. The number of piperazine rings is 1. The Morgan fingerprint density at radius 2 is 1.81 bits per heavy atom. The number of hydrogen-bond donors (Lipinski definition) is 3. The van der Waals surface area contributed by atoms with Crippen molar-refractivity contribution in [3.63, 3.8) is 0 Å². The van der Waals surface area contributed by atoms with Crippen molar-refractivity contribution in [1.29, 1.82) is 5.41 Å². The van der Waals surface area contributed by atoms with Crippen molar-refractivity contribution in [3.8, 4) is 0 Å². The SMILES string of the molecule is N=C(NCC1CCCCC1)c1ccc(CN2CCN(S(=O)(=O)c3cc4cc(Cl)ccc4[nH]3)CC2=O)cc1. The lowest BCUT2D eigenvalue weighted by Gasteiger charge is -2.33. The van der Waals surface area contributed by atoms with Crippen molar-refractivity contribution in [2.75, 3.05) is 26.2 Å². The predicted octanol–water partition coefficient (Wildman–Crippen LogP) is 4.35. The van der Waals surface area contributed by atoms with Crippen LogP contribution < -0.4 is 5.32 Å². The van der Waals surface area contributed by atoms with Gasteiger partial charge < -0.3 is 15.2 Å². The van der Waals surface area contributed by atoms with E-state index in [4.69, 9.17) is 17.0 Å². The summed E-state index contributed by atoms with van der Waals surface area (Å²) >= 11 is 6.02. The highest BCUT2D eigenvalue weighted by Crippen LogP contribution is 2.26. The maximum absolute atomic E-state index is 13.2. The number of rotatable bonds is 7. The second kappa shape index (κ2) is 10.8. The van der Waals surface area contributed by atoms with Crippen LogP contribution in [0.3, 0.4) is 0 Å². The van der Waals surface area contributed by atoms with Gasteiger partial charge in [-0.05, 0) is 48.6 Å². The van der Waals surface area contributed by atoms with E-state index in [1.807, 2.05) is 24.3 Å². The second-order valence-corrected chi connectivity index (χ2v) is 12.3. The molecule has 196 valence electrons. The molecule has 5 rings (SSSR count). The number of halogens is 1. The Morgan fingerprint density at radius 3 is 2.54 bits per heavy atom. The minimum Gasteiger partial charge on any atom is -0.370 e. The normalized spacial score (nSPS) is 17.9. The van der Waals surface area contributed by atoms with E-state index in [0.717, 1.165) is 17.7 Å². The Bertz CT molecular complexity index is 1400. The second-order valence-electron chi connectivity index (χ2n) is 9.98. The predicted molar refractivity (Wildman–Crippen MR) is 145 cm³/mol. The zero-order chi connectivity index (χ0) is 26.0. The lowest BCUT2D eigenvalue weighted by molar-refractivity contribution is -0.134. The fraction of sp³-hybridized carbons (Fsp3) is 0.407. The summed E-state index contributed by atoms with van der Waals surface area (Å²) in [6.45, 7) is 1.57. The van der Waals surface area contributed by atoms with Gasteiger partial charge in [0.15, 0.2) is 0 Å². The maximum atomic E-state index is 13.2. The van der Waals surface area contributed by atoms with Crippen LogP contribution in [0, 0.1) is 11.3 Å². The molecule has 0 atom stereocenters. The third-order valence-electron chi connectivity index (χ3n) is 7.37. The molecule has 2 aromatic carbocycles. The van der Waals surface area contributed by atoms with E-state index in [9.17, 15) is 13.2 Å². The average molecular weight is 542 g/mol. The van der Waals surface area contributed by atoms with Crippen molar-refractivity contribution in [2.24, 2.45) is 5.92 Å². The van der Waals surface area contributed by atoms with Crippen LogP contribution in [0.25, 0.3) is 10.9 Å². The quantitative estimate of drug-likeness (QED) is 0.305. The first-order valence-electron chi connectivity index (χ1n) is 12.8. The molecule has 1 aromatic heterocycles. The number of aromatic amines is 1. The molecule has 2 aliphatic rings. The van der Waals surface area contributed by atoms with Gasteiger partial charge in [0.25, 0.3) is 10.0 Å². The first-order valence-corrected chi connectivity index (χ1v) is 14.6. The smallest absolute Gasteiger partial charge is 0.259 e. The van der Waals surface area contributed by atoms with Gasteiger partial charge in [0.1, 0.15) is 10.9 Å². The molecule has 2 fully saturated rings. The van der Waals surface area contributed by atoms with Gasteiger partial charge in [-0.3, -0.25) is 10.2 Å². The lowest BCUT2D eigenvalue weighted by atomic mass is 9.89. The molecule has 10 heteroatoms. The number of carbonyl (C=O) groups excluding carboxylic acids is 1. The molecule has 1 aliphatic heterocycles. The number of sulfonamides is 1. The van der Waals surface area contributed by atoms with Crippen LogP contribution in [0.15, 0.2) is 53.6 Å². The van der Waals surface area contributed by atoms with Gasteiger partial charge in [-0.2, -0.15) is 4.31 Å². The van der Waals surface area contributed by atoms with E-state index in [-0.39, 0.29) is 24.0 Å². The molecule has 0 unspecified atom stereocenters. The van der Waals surface area contributed by atoms with Crippen LogP contribution in [0.4, 0.5) is 0 Å². The molecule has 1 saturated carbocycles. The van der Waals surface area contributed by atoms with E-state index in [1.165, 1.54) is 36.4 Å². The molecule has 0 bridgehead atoms. The number of benzene rings is 2. The van der Waals surface area contributed by atoms with Crippen molar-refractivity contribution in [2.45, 2.75) is 43.7 Å². The van der Waals surface area contributed by atoms with Crippen molar-refractivity contribution < 1.29 is 13.2 Å². The molecular formula is C27H32ClN5O3S. The highest BCUT2D eigenvalue weighted by Gasteiger charge is 2.33. The summed E-state index contributed by atoms with van der Waals surface area (Å²) < 4.78 is 27.6. The lowest BCUT2D eigenvalue weighted by Crippen LogP contribution is -2.51. The molecule has 1 saturated heterocycles. The maximum Gasteiger partial charge on any atom is 0.259 e. The number of H-pyrrole nitrogens is 1. The Labute approximate surface area is 222 Å². The van der Waals surface area contributed by atoms with Crippen molar-refractivity contribution in [1.82, 2.24) is 19.5 Å². The molecule has 0 radical (unpaired) electrons. The highest BCUT2D eigenvalue weighted by molar-refractivity contribution is 7.89. The van der Waals surface area contributed by atoms with Gasteiger partial charge in [0.05, 0.1) is 6.54 Å². The summed E-state index contributed by atoms with van der Waals surface area (Å²) in [7, 11) is -3.84. The Balaban J connectivity index is 1.16. The van der Waals surface area contributed by atoms with Crippen LogP contribution in [0.1, 0.15) is 43.2 Å². The number of carbonyl (C=O) groups is 1. The van der Waals surface area contributed by atoms with E-state index < -0.39 is 10.0 Å². The van der Waals surface area contributed by atoms with Gasteiger partial charge in [-0.1, -0.05) is 55.1 Å². The fourth-order valence-electron chi connectivity index (χ4n) is 5.15. The summed E-state index contributed by atoms with van der Waals surface area (Å²) in [5.74, 6) is 0.836. The number of amidine groups is 1. The van der Waals surface area contributed by atoms with Crippen LogP contribution >= 0.6 is 11.6 Å². The van der Waals surface area contributed by atoms with Gasteiger partial charge in [-0.15, -0.1) is 0 Å². The van der Waals surface area contributed by atoms with Crippen LogP contribution in [-0.4, -0.2) is 60.5 Å². The zero-order valence-electron chi connectivity index (χ0n) is 20.7. The largest absolute Gasteiger partial charge is 0.370 e. The fourth-order valence-corrected chi connectivity index (χ4v) is 6.73. The molecule has 37 heavy (non-hydrogen) atoms. The molecule has 0 spiro atoms. The topological polar surface area (TPSA) is 109 Å². The Hall–Kier alpha value is -2.88. The van der Waals surface area contributed by atoms with Crippen LogP contribution in [0.5, 0.6) is 0 Å². The third-order valence-corrected chi connectivity index (χ3v) is 9.37. The number of amides is 1. The molecule has 1 amide bonds. The molecule has 8 nitrogen and oxygen atoms in total. The minimum absolute atomic E-state index is 0.0566. The summed E-state index contributed by atoms with van der Waals surface area (Å²) in [5, 5.41) is 12.9. The number of fused-ring (bicyclic) bond motifs is 1. The van der Waals surface area contributed by atoms with E-state index in [0.29, 0.717) is 40.8 Å². The van der Waals surface area contributed by atoms with Gasteiger partial charge in [0.2, 0.25) is 5.91 Å². The summed E-state index contributed by atoms with van der Waals surface area (Å²) in [5.41, 5.74) is 2.44. The number of nitrogens with one attached hydrogen (secondary N) is 3. The monoisotopic (exact) mass is 541 g/mol. The summed E-state index contributed by atoms with van der Waals surface area (Å²) in [6, 6.07) is 14.3. The highest BCUT2D eigenvalue weighted by atomic mass is 35.5. The first-order chi connectivity index (χ1) is 17.8. The molecular weight excluding hydrogens is 510 g/mol. The molecule has 3 aromatic rings. The average Bonchev–Trinajstić information content (AvgIpc) is 3.33. The minimum atomic E-state index is -3.84. The van der Waals surface area contributed by atoms with Crippen molar-refractivity contribution in [3.05, 3.63) is 64.7 Å². The number of nitrogens with zero attached hydrogens (tertiary/aromatic N) is 2. The summed E-state index contributed by atoms with van der Waals surface area (Å²) in [4.78, 5) is 17.5. The number of aromatic nitrogens is 1. The third kappa shape index (κ3) is 5.84. The van der Waals surface area contributed by atoms with Crippen LogP contribution in [-0.2, 0) is 21.4 Å². The van der Waals surface area contributed by atoms with Crippen molar-refractivity contribution >= 4 is 44.3 Å². The molecule has 2 heterocycles. The zero-order valence-corrected chi connectivity index (χ0v) is 22.2. The Kier molecular flexibility index (Phi) is 7.55. The standard InChI is InChI=1S/C27H32ClN5O3S/c28-23-10-11-24-22(14-23)15-25(31-24)37(35,36)33-13-12-32(26(34)18-33)17-20-6-8-21(9-7-20)27(29)30-16-19-4-2-1-3-5-19/h6-11,14-15,19,31H,1-5,12-13,16-18H2,(H2,29,30). The van der Waals surface area contributed by atoms with Crippen LogP contribution in [0.2, 0.25) is 5.02 Å². The molecule has 3 N–H and O–H groups in total. The van der Waals surface area contributed by atoms with Gasteiger partial charge in [0, 0.05) is 47.7 Å². The van der Waals surface area contributed by atoms with Gasteiger partial charge in [-0.25, -0.2) is 8.42 Å². The Morgan fingerprint density at radius 1 is 1.05 bits per heavy atom. The summed E-state index contributed by atoms with van der Waals surface area (Å²) in [6.07, 6.45) is 6.36.